The molecular formula is C15H26O2. The molecular weight excluding hydrogens is 212 g/mol. The van der Waals surface area contributed by atoms with Crippen molar-refractivity contribution < 1.29 is 10.2 Å². The zero-order valence-electron chi connectivity index (χ0n) is 11.4. The molecule has 2 aliphatic carbocycles. The van der Waals surface area contributed by atoms with Crippen molar-refractivity contribution in [1.29, 1.82) is 0 Å². The fourth-order valence-corrected chi connectivity index (χ4v) is 4.05. The van der Waals surface area contributed by atoms with E-state index in [0.717, 1.165) is 19.3 Å². The standard InChI is InChI=1S/C15H26O2/c1-10-6-5-7-15(4)9-13(16)12(8-11(10)15)14(2,3)17/h11-13,16-17H,1,5-9H2,2-4H3. The Balaban J connectivity index is 2.23. The van der Waals surface area contributed by atoms with Gasteiger partial charge in [-0.25, -0.2) is 0 Å². The highest BCUT2D eigenvalue weighted by molar-refractivity contribution is 5.14. The van der Waals surface area contributed by atoms with E-state index in [1.54, 1.807) is 0 Å². The number of fused-ring (bicyclic) bond motifs is 1. The Hall–Kier alpha value is -0.340. The van der Waals surface area contributed by atoms with Crippen LogP contribution < -0.4 is 0 Å². The van der Waals surface area contributed by atoms with Crippen LogP contribution in [-0.2, 0) is 0 Å². The van der Waals surface area contributed by atoms with E-state index < -0.39 is 5.60 Å². The molecule has 0 aromatic rings. The van der Waals surface area contributed by atoms with Gasteiger partial charge in [0, 0.05) is 5.92 Å². The Morgan fingerprint density at radius 2 is 2.06 bits per heavy atom. The number of hydrogen-bond donors (Lipinski definition) is 2. The summed E-state index contributed by atoms with van der Waals surface area (Å²) >= 11 is 0. The van der Waals surface area contributed by atoms with E-state index in [1.165, 1.54) is 18.4 Å². The quantitative estimate of drug-likeness (QED) is 0.690. The molecule has 98 valence electrons. The molecule has 2 saturated carbocycles. The van der Waals surface area contributed by atoms with Gasteiger partial charge in [0.05, 0.1) is 11.7 Å². The van der Waals surface area contributed by atoms with Crippen LogP contribution in [0.4, 0.5) is 0 Å². The fraction of sp³-hybridized carbons (Fsp3) is 0.867. The minimum absolute atomic E-state index is 0.0181. The van der Waals surface area contributed by atoms with Crippen LogP contribution in [0, 0.1) is 17.3 Å². The van der Waals surface area contributed by atoms with Crippen LogP contribution >= 0.6 is 0 Å². The van der Waals surface area contributed by atoms with Crippen molar-refractivity contribution in [2.75, 3.05) is 0 Å². The molecule has 0 saturated heterocycles. The first-order chi connectivity index (χ1) is 7.74. The van der Waals surface area contributed by atoms with Crippen molar-refractivity contribution >= 4 is 0 Å². The van der Waals surface area contributed by atoms with Crippen LogP contribution in [0.1, 0.15) is 52.9 Å². The van der Waals surface area contributed by atoms with Gasteiger partial charge in [-0.05, 0) is 57.3 Å². The van der Waals surface area contributed by atoms with Crippen LogP contribution in [0.25, 0.3) is 0 Å². The summed E-state index contributed by atoms with van der Waals surface area (Å²) in [7, 11) is 0. The van der Waals surface area contributed by atoms with Crippen molar-refractivity contribution in [3.63, 3.8) is 0 Å². The number of rotatable bonds is 1. The third-order valence-electron chi connectivity index (χ3n) is 5.12. The highest BCUT2D eigenvalue weighted by Gasteiger charge is 2.49. The Bertz CT molecular complexity index is 315. The molecule has 2 N–H and O–H groups in total. The molecule has 4 atom stereocenters. The van der Waals surface area contributed by atoms with E-state index in [2.05, 4.69) is 13.5 Å². The third-order valence-corrected chi connectivity index (χ3v) is 5.12. The maximum absolute atomic E-state index is 10.3. The largest absolute Gasteiger partial charge is 0.393 e. The van der Waals surface area contributed by atoms with Crippen LogP contribution in [0.3, 0.4) is 0 Å². The molecule has 0 spiro atoms. The first kappa shape index (κ1) is 13.1. The molecule has 0 amide bonds. The first-order valence-electron chi connectivity index (χ1n) is 6.82. The first-order valence-corrected chi connectivity index (χ1v) is 6.82. The predicted molar refractivity (Wildman–Crippen MR) is 69.6 cm³/mol. The molecule has 2 heteroatoms. The average molecular weight is 238 g/mol. The Labute approximate surface area is 105 Å². The Kier molecular flexibility index (Phi) is 3.16. The number of allylic oxidation sites excluding steroid dienone is 1. The molecule has 4 unspecified atom stereocenters. The van der Waals surface area contributed by atoms with Gasteiger partial charge in [0.2, 0.25) is 0 Å². The summed E-state index contributed by atoms with van der Waals surface area (Å²) in [5, 5.41) is 20.5. The van der Waals surface area contributed by atoms with Gasteiger partial charge in [-0.3, -0.25) is 0 Å². The second kappa shape index (κ2) is 4.10. The second-order valence-electron chi connectivity index (χ2n) is 6.99. The normalized spacial score (nSPS) is 43.4. The summed E-state index contributed by atoms with van der Waals surface area (Å²) in [6, 6.07) is 0. The maximum atomic E-state index is 10.3. The van der Waals surface area contributed by atoms with Gasteiger partial charge < -0.3 is 10.2 Å². The summed E-state index contributed by atoms with van der Waals surface area (Å²) in [5.41, 5.74) is 0.745. The van der Waals surface area contributed by atoms with E-state index in [0.29, 0.717) is 5.92 Å². The van der Waals surface area contributed by atoms with Gasteiger partial charge >= 0.3 is 0 Å². The summed E-state index contributed by atoms with van der Waals surface area (Å²) in [6.45, 7) is 10.1. The molecule has 2 nitrogen and oxygen atoms in total. The van der Waals surface area contributed by atoms with Gasteiger partial charge in [-0.15, -0.1) is 0 Å². The summed E-state index contributed by atoms with van der Waals surface area (Å²) < 4.78 is 0. The van der Waals surface area contributed by atoms with Crippen molar-refractivity contribution in [3.05, 3.63) is 12.2 Å². The fourth-order valence-electron chi connectivity index (χ4n) is 4.05. The molecule has 0 aromatic heterocycles. The van der Waals surface area contributed by atoms with E-state index in [9.17, 15) is 10.2 Å². The monoisotopic (exact) mass is 238 g/mol. The van der Waals surface area contributed by atoms with Crippen LogP contribution in [0.5, 0.6) is 0 Å². The number of aliphatic hydroxyl groups excluding tert-OH is 1. The lowest BCUT2D eigenvalue weighted by Crippen LogP contribution is -2.51. The highest BCUT2D eigenvalue weighted by Crippen LogP contribution is 2.54. The lowest BCUT2D eigenvalue weighted by molar-refractivity contribution is -0.110. The molecule has 0 heterocycles. The van der Waals surface area contributed by atoms with E-state index in [1.807, 2.05) is 13.8 Å². The van der Waals surface area contributed by atoms with Gasteiger partial charge in [0.1, 0.15) is 0 Å². The number of aliphatic hydroxyl groups is 2. The lowest BCUT2D eigenvalue weighted by Gasteiger charge is -2.52. The van der Waals surface area contributed by atoms with Crippen molar-refractivity contribution in [1.82, 2.24) is 0 Å². The van der Waals surface area contributed by atoms with Gasteiger partial charge in [0.25, 0.3) is 0 Å². The van der Waals surface area contributed by atoms with E-state index in [-0.39, 0.29) is 17.4 Å². The minimum Gasteiger partial charge on any atom is -0.393 e. The van der Waals surface area contributed by atoms with Crippen LogP contribution in [0.15, 0.2) is 12.2 Å². The lowest BCUT2D eigenvalue weighted by atomic mass is 9.54. The zero-order chi connectivity index (χ0) is 12.8. The van der Waals surface area contributed by atoms with Crippen molar-refractivity contribution in [3.8, 4) is 0 Å². The predicted octanol–water partition coefficient (Wildman–Crippen LogP) is 2.89. The molecule has 0 aliphatic heterocycles. The van der Waals surface area contributed by atoms with Gasteiger partial charge in [-0.1, -0.05) is 19.1 Å². The van der Waals surface area contributed by atoms with Crippen molar-refractivity contribution in [2.45, 2.75) is 64.6 Å². The maximum Gasteiger partial charge on any atom is 0.0644 e. The summed E-state index contributed by atoms with van der Waals surface area (Å²) in [5.74, 6) is 0.464. The average Bonchev–Trinajstić information content (AvgIpc) is 2.13. The molecule has 2 fully saturated rings. The molecule has 0 aromatic carbocycles. The molecule has 0 bridgehead atoms. The topological polar surface area (TPSA) is 40.5 Å². The van der Waals surface area contributed by atoms with Gasteiger partial charge in [0.15, 0.2) is 0 Å². The molecule has 2 aliphatic rings. The van der Waals surface area contributed by atoms with Crippen molar-refractivity contribution in [2.24, 2.45) is 17.3 Å². The summed E-state index contributed by atoms with van der Waals surface area (Å²) in [6.07, 6.45) is 4.83. The highest BCUT2D eigenvalue weighted by atomic mass is 16.3. The second-order valence-corrected chi connectivity index (χ2v) is 6.99. The SMILES string of the molecule is C=C1CCCC2(C)CC(O)C(C(C)(C)O)CC12. The molecule has 2 rings (SSSR count). The van der Waals surface area contributed by atoms with Crippen LogP contribution in [-0.4, -0.2) is 21.9 Å². The third kappa shape index (κ3) is 2.30. The van der Waals surface area contributed by atoms with Crippen LogP contribution in [0.2, 0.25) is 0 Å². The molecule has 0 radical (unpaired) electrons. The minimum atomic E-state index is -0.793. The van der Waals surface area contributed by atoms with Gasteiger partial charge in [-0.2, -0.15) is 0 Å². The smallest absolute Gasteiger partial charge is 0.0644 e. The van der Waals surface area contributed by atoms with E-state index >= 15 is 0 Å². The molecule has 17 heavy (non-hydrogen) atoms. The Morgan fingerprint density at radius 3 is 2.65 bits per heavy atom. The Morgan fingerprint density at radius 1 is 1.41 bits per heavy atom. The zero-order valence-corrected chi connectivity index (χ0v) is 11.4. The number of hydrogen-bond acceptors (Lipinski definition) is 2. The summed E-state index contributed by atoms with van der Waals surface area (Å²) in [4.78, 5) is 0. The van der Waals surface area contributed by atoms with E-state index in [4.69, 9.17) is 0 Å².